The molecule has 1 aromatic carbocycles. The zero-order chi connectivity index (χ0) is 13.1. The number of aryl methyl sites for hydroxylation is 1. The molecule has 0 aliphatic rings. The number of benzene rings is 1. The van der Waals surface area contributed by atoms with Gasteiger partial charge in [0.15, 0.2) is 11.7 Å². The third kappa shape index (κ3) is 2.83. The molecule has 0 spiro atoms. The van der Waals surface area contributed by atoms with Crippen molar-refractivity contribution in [1.29, 1.82) is 0 Å². The van der Waals surface area contributed by atoms with Gasteiger partial charge in [0.25, 0.3) is 0 Å². The van der Waals surface area contributed by atoms with E-state index in [9.17, 15) is 4.79 Å². The lowest BCUT2D eigenvalue weighted by atomic mass is 10.2. The summed E-state index contributed by atoms with van der Waals surface area (Å²) in [7, 11) is 0. The van der Waals surface area contributed by atoms with Gasteiger partial charge in [-0.15, -0.1) is 0 Å². The fourth-order valence-corrected chi connectivity index (χ4v) is 1.85. The molecule has 2 rings (SSSR count). The average Bonchev–Trinajstić information content (AvgIpc) is 2.78. The Labute approximate surface area is 113 Å². The highest BCUT2D eigenvalue weighted by atomic mass is 35.5. The van der Waals surface area contributed by atoms with Crippen LogP contribution in [0.5, 0.6) is 0 Å². The van der Waals surface area contributed by atoms with Crippen LogP contribution in [-0.2, 0) is 11.2 Å². The third-order valence-corrected chi connectivity index (χ3v) is 3.14. The van der Waals surface area contributed by atoms with E-state index in [4.69, 9.17) is 32.7 Å². The van der Waals surface area contributed by atoms with E-state index in [0.717, 1.165) is 0 Å². The SMILES string of the molecule is O=C(O)CCc1ncc(-c2cccc(Cl)c2Cl)o1. The molecule has 0 unspecified atom stereocenters. The zero-order valence-electron chi connectivity index (χ0n) is 9.19. The number of oxazole rings is 1. The molecule has 18 heavy (non-hydrogen) atoms. The predicted octanol–water partition coefficient (Wildman–Crippen LogP) is 3.67. The Kier molecular flexibility index (Phi) is 3.89. The Balaban J connectivity index is 2.24. The van der Waals surface area contributed by atoms with Gasteiger partial charge in [0, 0.05) is 12.0 Å². The summed E-state index contributed by atoms with van der Waals surface area (Å²) in [5, 5.41) is 9.39. The minimum Gasteiger partial charge on any atom is -0.481 e. The summed E-state index contributed by atoms with van der Waals surface area (Å²) in [6.07, 6.45) is 1.73. The topological polar surface area (TPSA) is 63.3 Å². The zero-order valence-corrected chi connectivity index (χ0v) is 10.7. The second-order valence-electron chi connectivity index (χ2n) is 3.61. The van der Waals surface area contributed by atoms with E-state index in [0.29, 0.717) is 27.3 Å². The molecule has 1 aromatic heterocycles. The second-order valence-corrected chi connectivity index (χ2v) is 4.40. The van der Waals surface area contributed by atoms with Gasteiger partial charge in [-0.1, -0.05) is 29.3 Å². The summed E-state index contributed by atoms with van der Waals surface area (Å²) in [5.41, 5.74) is 0.637. The normalized spacial score (nSPS) is 10.6. The van der Waals surface area contributed by atoms with Crippen molar-refractivity contribution < 1.29 is 14.3 Å². The molecular formula is C12H9Cl2NO3. The number of hydrogen-bond acceptors (Lipinski definition) is 3. The van der Waals surface area contributed by atoms with Crippen LogP contribution in [0.1, 0.15) is 12.3 Å². The molecule has 1 N–H and O–H groups in total. The lowest BCUT2D eigenvalue weighted by Gasteiger charge is -2.01. The van der Waals surface area contributed by atoms with Gasteiger partial charge >= 0.3 is 5.97 Å². The number of carbonyl (C=O) groups is 1. The van der Waals surface area contributed by atoms with Crippen LogP contribution in [-0.4, -0.2) is 16.1 Å². The molecule has 0 atom stereocenters. The maximum Gasteiger partial charge on any atom is 0.303 e. The first-order chi connectivity index (χ1) is 8.58. The minimum absolute atomic E-state index is 0.0246. The van der Waals surface area contributed by atoms with Crippen LogP contribution in [0.15, 0.2) is 28.8 Å². The molecule has 94 valence electrons. The van der Waals surface area contributed by atoms with Crippen LogP contribution in [0, 0.1) is 0 Å². The first kappa shape index (κ1) is 12.9. The van der Waals surface area contributed by atoms with Crippen LogP contribution in [0.3, 0.4) is 0 Å². The Hall–Kier alpha value is -1.52. The summed E-state index contributed by atoms with van der Waals surface area (Å²) in [6.45, 7) is 0. The smallest absolute Gasteiger partial charge is 0.303 e. The van der Waals surface area contributed by atoms with E-state index >= 15 is 0 Å². The largest absolute Gasteiger partial charge is 0.481 e. The molecule has 0 saturated carbocycles. The summed E-state index contributed by atoms with van der Waals surface area (Å²) < 4.78 is 5.44. The molecule has 0 bridgehead atoms. The van der Waals surface area contributed by atoms with Gasteiger partial charge in [-0.2, -0.15) is 0 Å². The average molecular weight is 286 g/mol. The maximum absolute atomic E-state index is 10.4. The van der Waals surface area contributed by atoms with Crippen LogP contribution in [0.2, 0.25) is 10.0 Å². The summed E-state index contributed by atoms with van der Waals surface area (Å²) in [5.74, 6) is -0.0538. The van der Waals surface area contributed by atoms with Gasteiger partial charge < -0.3 is 9.52 Å². The molecule has 0 aliphatic heterocycles. The number of carboxylic acids is 1. The van der Waals surface area contributed by atoms with Gasteiger partial charge in [-0.25, -0.2) is 4.98 Å². The molecule has 1 heterocycles. The van der Waals surface area contributed by atoms with Gasteiger partial charge in [0.05, 0.1) is 22.7 Å². The number of hydrogen-bond donors (Lipinski definition) is 1. The predicted molar refractivity (Wildman–Crippen MR) is 67.9 cm³/mol. The number of aromatic nitrogens is 1. The van der Waals surface area contributed by atoms with Gasteiger partial charge in [0.1, 0.15) is 0 Å². The van der Waals surface area contributed by atoms with E-state index in [1.54, 1.807) is 18.2 Å². The van der Waals surface area contributed by atoms with E-state index in [1.165, 1.54) is 6.20 Å². The third-order valence-electron chi connectivity index (χ3n) is 2.32. The van der Waals surface area contributed by atoms with Crippen LogP contribution >= 0.6 is 23.2 Å². The molecule has 6 heteroatoms. The quantitative estimate of drug-likeness (QED) is 0.931. The Bertz CT molecular complexity index is 580. The van der Waals surface area contributed by atoms with Crippen molar-refractivity contribution in [3.63, 3.8) is 0 Å². The molecule has 0 aliphatic carbocycles. The van der Waals surface area contributed by atoms with Crippen molar-refractivity contribution in [2.24, 2.45) is 0 Å². The standard InChI is InChI=1S/C12H9Cl2NO3/c13-8-3-1-2-7(12(8)14)9-6-15-10(18-9)4-5-11(16)17/h1-3,6H,4-5H2,(H,16,17). The van der Waals surface area contributed by atoms with Crippen LogP contribution in [0.4, 0.5) is 0 Å². The summed E-state index contributed by atoms with van der Waals surface area (Å²) in [6, 6.07) is 5.19. The van der Waals surface area contributed by atoms with E-state index in [-0.39, 0.29) is 12.8 Å². The monoisotopic (exact) mass is 285 g/mol. The first-order valence-corrected chi connectivity index (χ1v) is 5.94. The minimum atomic E-state index is -0.893. The number of aliphatic carboxylic acids is 1. The van der Waals surface area contributed by atoms with Crippen molar-refractivity contribution in [2.45, 2.75) is 12.8 Å². The number of halogens is 2. The first-order valence-electron chi connectivity index (χ1n) is 5.19. The number of rotatable bonds is 4. The number of carboxylic acid groups (broad SMARTS) is 1. The highest BCUT2D eigenvalue weighted by molar-refractivity contribution is 6.43. The Morgan fingerprint density at radius 3 is 2.89 bits per heavy atom. The molecule has 0 amide bonds. The Morgan fingerprint density at radius 2 is 2.17 bits per heavy atom. The van der Waals surface area contributed by atoms with Crippen molar-refractivity contribution in [3.8, 4) is 11.3 Å². The van der Waals surface area contributed by atoms with E-state index in [1.807, 2.05) is 0 Å². The van der Waals surface area contributed by atoms with Crippen molar-refractivity contribution in [1.82, 2.24) is 4.98 Å². The van der Waals surface area contributed by atoms with E-state index < -0.39 is 5.97 Å². The molecule has 0 saturated heterocycles. The van der Waals surface area contributed by atoms with Gasteiger partial charge in [-0.05, 0) is 12.1 Å². The van der Waals surface area contributed by atoms with Crippen LogP contribution in [0.25, 0.3) is 11.3 Å². The van der Waals surface area contributed by atoms with Gasteiger partial charge in [0.2, 0.25) is 0 Å². The fourth-order valence-electron chi connectivity index (χ4n) is 1.46. The van der Waals surface area contributed by atoms with Crippen molar-refractivity contribution in [3.05, 3.63) is 40.3 Å². The number of nitrogens with zero attached hydrogens (tertiary/aromatic N) is 1. The van der Waals surface area contributed by atoms with Crippen molar-refractivity contribution >= 4 is 29.2 Å². The summed E-state index contributed by atoms with van der Waals surface area (Å²) in [4.78, 5) is 14.4. The van der Waals surface area contributed by atoms with Crippen molar-refractivity contribution in [2.75, 3.05) is 0 Å². The molecule has 2 aromatic rings. The second kappa shape index (κ2) is 5.42. The highest BCUT2D eigenvalue weighted by Gasteiger charge is 2.12. The lowest BCUT2D eigenvalue weighted by Crippen LogP contribution is -1.97. The molecule has 0 fully saturated rings. The maximum atomic E-state index is 10.4. The van der Waals surface area contributed by atoms with E-state index in [2.05, 4.69) is 4.98 Å². The van der Waals surface area contributed by atoms with Crippen LogP contribution < -0.4 is 0 Å². The Morgan fingerprint density at radius 1 is 1.39 bits per heavy atom. The lowest BCUT2D eigenvalue weighted by molar-refractivity contribution is -0.137. The highest BCUT2D eigenvalue weighted by Crippen LogP contribution is 2.33. The fraction of sp³-hybridized carbons (Fsp3) is 0.167. The van der Waals surface area contributed by atoms with Gasteiger partial charge in [-0.3, -0.25) is 4.79 Å². The molecular weight excluding hydrogens is 277 g/mol. The molecule has 0 radical (unpaired) electrons. The molecule has 4 nitrogen and oxygen atoms in total. The summed E-state index contributed by atoms with van der Waals surface area (Å²) >= 11 is 12.0.